The molecule has 0 aliphatic rings. The van der Waals surface area contributed by atoms with Gasteiger partial charge in [-0.25, -0.2) is 12.8 Å². The summed E-state index contributed by atoms with van der Waals surface area (Å²) in [5, 5.41) is -0.315. The molecule has 106 valence electrons. The van der Waals surface area contributed by atoms with Crippen LogP contribution in [0.25, 0.3) is 0 Å². The molecule has 0 aliphatic carbocycles. The first kappa shape index (κ1) is 15.9. The number of rotatable bonds is 5. The van der Waals surface area contributed by atoms with E-state index >= 15 is 0 Å². The van der Waals surface area contributed by atoms with Crippen LogP contribution in [0.2, 0.25) is 5.02 Å². The van der Waals surface area contributed by atoms with E-state index in [4.69, 9.17) is 17.3 Å². The molecule has 0 atom stereocenters. The summed E-state index contributed by atoms with van der Waals surface area (Å²) in [5.74, 6) is -0.990. The Balaban J connectivity index is 3.37. The molecule has 4 nitrogen and oxygen atoms in total. The van der Waals surface area contributed by atoms with Crippen LogP contribution in [0.15, 0.2) is 29.2 Å². The zero-order valence-electron chi connectivity index (χ0n) is 10.8. The minimum atomic E-state index is -3.99. The van der Waals surface area contributed by atoms with Gasteiger partial charge in [0.25, 0.3) is 0 Å². The molecule has 2 N–H and O–H groups in total. The molecule has 0 saturated carbocycles. The van der Waals surface area contributed by atoms with Gasteiger partial charge in [0.05, 0.1) is 5.02 Å². The summed E-state index contributed by atoms with van der Waals surface area (Å²) < 4.78 is 39.7. The molecule has 0 radical (unpaired) electrons. The summed E-state index contributed by atoms with van der Waals surface area (Å²) in [6.07, 6.45) is 0. The number of halogens is 2. The summed E-state index contributed by atoms with van der Waals surface area (Å²) in [6.45, 7) is 7.32. The van der Waals surface area contributed by atoms with E-state index in [0.717, 1.165) is 10.4 Å². The standard InChI is InChI=1S/C12H16ClFN2O2S/c1-4-16(7-8(2)3)19(17,18)11-6-9(15)5-10(13)12(11)14/h5-6H,2,4,7,15H2,1,3H3. The lowest BCUT2D eigenvalue weighted by Gasteiger charge is -2.21. The minimum Gasteiger partial charge on any atom is -0.399 e. The Hall–Kier alpha value is -1.11. The number of hydrogen-bond acceptors (Lipinski definition) is 3. The number of nitrogens with two attached hydrogens (primary N) is 1. The molecule has 0 amide bonds. The fourth-order valence-corrected chi connectivity index (χ4v) is 3.49. The maximum atomic E-state index is 13.9. The summed E-state index contributed by atoms with van der Waals surface area (Å²) in [4.78, 5) is -0.513. The van der Waals surface area contributed by atoms with Crippen molar-refractivity contribution in [2.24, 2.45) is 0 Å². The topological polar surface area (TPSA) is 63.4 Å². The zero-order valence-corrected chi connectivity index (χ0v) is 12.4. The van der Waals surface area contributed by atoms with Gasteiger partial charge in [-0.2, -0.15) is 4.31 Å². The SMILES string of the molecule is C=C(C)CN(CC)S(=O)(=O)c1cc(N)cc(Cl)c1F. The van der Waals surface area contributed by atoms with E-state index in [9.17, 15) is 12.8 Å². The van der Waals surface area contributed by atoms with Crippen LogP contribution < -0.4 is 5.73 Å². The number of anilines is 1. The highest BCUT2D eigenvalue weighted by atomic mass is 35.5. The van der Waals surface area contributed by atoms with Gasteiger partial charge in [-0.1, -0.05) is 30.7 Å². The Morgan fingerprint density at radius 1 is 1.53 bits per heavy atom. The van der Waals surface area contributed by atoms with E-state index in [-0.39, 0.29) is 23.8 Å². The van der Waals surface area contributed by atoms with Gasteiger partial charge in [-0.15, -0.1) is 0 Å². The summed E-state index contributed by atoms with van der Waals surface area (Å²) in [7, 11) is -3.99. The molecular weight excluding hydrogens is 291 g/mol. The molecule has 0 aliphatic heterocycles. The third-order valence-electron chi connectivity index (χ3n) is 2.43. The molecule has 0 saturated heterocycles. The van der Waals surface area contributed by atoms with Gasteiger partial charge in [0.1, 0.15) is 4.90 Å². The quantitative estimate of drug-likeness (QED) is 0.672. The first-order chi connectivity index (χ1) is 8.70. The van der Waals surface area contributed by atoms with E-state index in [1.165, 1.54) is 6.07 Å². The van der Waals surface area contributed by atoms with E-state index in [1.807, 2.05) is 0 Å². The van der Waals surface area contributed by atoms with Gasteiger partial charge in [0.2, 0.25) is 10.0 Å². The van der Waals surface area contributed by atoms with Gasteiger partial charge < -0.3 is 5.73 Å². The van der Waals surface area contributed by atoms with Crippen molar-refractivity contribution in [1.29, 1.82) is 0 Å². The predicted octanol–water partition coefficient (Wildman–Crippen LogP) is 2.65. The maximum absolute atomic E-state index is 13.9. The molecule has 0 aromatic heterocycles. The molecule has 0 heterocycles. The van der Waals surface area contributed by atoms with Crippen molar-refractivity contribution in [3.63, 3.8) is 0 Å². The van der Waals surface area contributed by atoms with E-state index < -0.39 is 20.7 Å². The lowest BCUT2D eigenvalue weighted by Crippen LogP contribution is -2.33. The van der Waals surface area contributed by atoms with E-state index in [0.29, 0.717) is 5.57 Å². The first-order valence-corrected chi connectivity index (χ1v) is 7.41. The van der Waals surface area contributed by atoms with Crippen molar-refractivity contribution >= 4 is 27.3 Å². The van der Waals surface area contributed by atoms with Crippen molar-refractivity contribution in [2.45, 2.75) is 18.7 Å². The first-order valence-electron chi connectivity index (χ1n) is 5.59. The molecule has 1 aromatic carbocycles. The van der Waals surface area contributed by atoms with Crippen LogP contribution in [0, 0.1) is 5.82 Å². The highest BCUT2D eigenvalue weighted by Gasteiger charge is 2.28. The third kappa shape index (κ3) is 3.46. The van der Waals surface area contributed by atoms with Gasteiger partial charge in [-0.05, 0) is 19.1 Å². The van der Waals surface area contributed by atoms with Crippen LogP contribution in [-0.2, 0) is 10.0 Å². The van der Waals surface area contributed by atoms with Crippen LogP contribution in [0.3, 0.4) is 0 Å². The molecule has 19 heavy (non-hydrogen) atoms. The number of nitrogens with zero attached hydrogens (tertiary/aromatic N) is 1. The number of hydrogen-bond donors (Lipinski definition) is 1. The number of sulfonamides is 1. The predicted molar refractivity (Wildman–Crippen MR) is 75.1 cm³/mol. The molecule has 0 bridgehead atoms. The average Bonchev–Trinajstić information content (AvgIpc) is 2.30. The van der Waals surface area contributed by atoms with Crippen molar-refractivity contribution in [3.05, 3.63) is 35.1 Å². The second-order valence-electron chi connectivity index (χ2n) is 4.20. The van der Waals surface area contributed by atoms with Gasteiger partial charge in [-0.3, -0.25) is 0 Å². The van der Waals surface area contributed by atoms with Crippen LogP contribution in [0.4, 0.5) is 10.1 Å². The molecule has 1 rings (SSSR count). The fourth-order valence-electron chi connectivity index (χ4n) is 1.58. The number of likely N-dealkylation sites (N-methyl/N-ethyl adjacent to an activating group) is 1. The largest absolute Gasteiger partial charge is 0.399 e. The summed E-state index contributed by atoms with van der Waals surface area (Å²) in [6, 6.07) is 2.24. The maximum Gasteiger partial charge on any atom is 0.246 e. The summed E-state index contributed by atoms with van der Waals surface area (Å²) in [5.41, 5.74) is 6.26. The third-order valence-corrected chi connectivity index (χ3v) is 4.63. The van der Waals surface area contributed by atoms with Crippen molar-refractivity contribution in [1.82, 2.24) is 4.31 Å². The van der Waals surface area contributed by atoms with E-state index in [2.05, 4.69) is 6.58 Å². The van der Waals surface area contributed by atoms with E-state index in [1.54, 1.807) is 13.8 Å². The van der Waals surface area contributed by atoms with Crippen LogP contribution in [-0.4, -0.2) is 25.8 Å². The zero-order chi connectivity index (χ0) is 14.8. The number of benzene rings is 1. The van der Waals surface area contributed by atoms with Crippen molar-refractivity contribution in [3.8, 4) is 0 Å². The normalized spacial score (nSPS) is 11.8. The lowest BCUT2D eigenvalue weighted by atomic mass is 10.3. The Kier molecular flexibility index (Phi) is 4.95. The second kappa shape index (κ2) is 5.90. The van der Waals surface area contributed by atoms with Crippen molar-refractivity contribution < 1.29 is 12.8 Å². The molecule has 1 aromatic rings. The van der Waals surface area contributed by atoms with Crippen molar-refractivity contribution in [2.75, 3.05) is 18.8 Å². The van der Waals surface area contributed by atoms with Gasteiger partial charge >= 0.3 is 0 Å². The van der Waals surface area contributed by atoms with Crippen LogP contribution >= 0.6 is 11.6 Å². The molecular formula is C12H16ClFN2O2S. The molecule has 0 unspecified atom stereocenters. The Labute approximate surface area is 117 Å². The average molecular weight is 307 g/mol. The molecule has 7 heteroatoms. The highest BCUT2D eigenvalue weighted by molar-refractivity contribution is 7.89. The lowest BCUT2D eigenvalue weighted by molar-refractivity contribution is 0.447. The number of nitrogen functional groups attached to an aromatic ring is 1. The second-order valence-corrected chi connectivity index (χ2v) is 6.52. The monoisotopic (exact) mass is 306 g/mol. The van der Waals surface area contributed by atoms with Gasteiger partial charge in [0.15, 0.2) is 5.82 Å². The minimum absolute atomic E-state index is 0.0938. The van der Waals surface area contributed by atoms with Crippen LogP contribution in [0.1, 0.15) is 13.8 Å². The highest BCUT2D eigenvalue weighted by Crippen LogP contribution is 2.28. The molecule has 0 fully saturated rings. The smallest absolute Gasteiger partial charge is 0.246 e. The summed E-state index contributed by atoms with van der Waals surface area (Å²) >= 11 is 5.62. The van der Waals surface area contributed by atoms with Gasteiger partial charge in [0, 0.05) is 18.8 Å². The Bertz CT molecular complexity index is 602. The fraction of sp³-hybridized carbons (Fsp3) is 0.333. The van der Waals surface area contributed by atoms with Crippen LogP contribution in [0.5, 0.6) is 0 Å². The molecule has 0 spiro atoms. The Morgan fingerprint density at radius 3 is 2.58 bits per heavy atom. The Morgan fingerprint density at radius 2 is 2.11 bits per heavy atom.